The Hall–Kier alpha value is -2.57. The van der Waals surface area contributed by atoms with Gasteiger partial charge in [0.25, 0.3) is 5.91 Å². The lowest BCUT2D eigenvalue weighted by molar-refractivity contribution is -0.129. The van der Waals surface area contributed by atoms with Gasteiger partial charge in [-0.15, -0.1) is 0 Å². The summed E-state index contributed by atoms with van der Waals surface area (Å²) in [4.78, 5) is 39.2. The van der Waals surface area contributed by atoms with Gasteiger partial charge < -0.3 is 20.3 Å². The molecule has 7 nitrogen and oxygen atoms in total. The predicted molar refractivity (Wildman–Crippen MR) is 110 cm³/mol. The van der Waals surface area contributed by atoms with E-state index in [2.05, 4.69) is 15.5 Å². The van der Waals surface area contributed by atoms with Crippen LogP contribution >= 0.6 is 0 Å². The summed E-state index contributed by atoms with van der Waals surface area (Å²) in [5.74, 6) is -0.341. The zero-order chi connectivity index (χ0) is 20.4. The summed E-state index contributed by atoms with van der Waals surface area (Å²) >= 11 is 0. The molecule has 2 aliphatic heterocycles. The molecule has 3 aliphatic rings. The van der Waals surface area contributed by atoms with Crippen LogP contribution in [0.5, 0.6) is 0 Å². The van der Waals surface area contributed by atoms with E-state index >= 15 is 0 Å². The van der Waals surface area contributed by atoms with Gasteiger partial charge in [-0.2, -0.15) is 0 Å². The maximum atomic E-state index is 12.5. The van der Waals surface area contributed by atoms with E-state index in [1.807, 2.05) is 6.07 Å². The van der Waals surface area contributed by atoms with Gasteiger partial charge in [0.05, 0.1) is 16.9 Å². The van der Waals surface area contributed by atoms with Crippen LogP contribution in [0.25, 0.3) is 0 Å². The van der Waals surface area contributed by atoms with E-state index in [9.17, 15) is 14.4 Å². The van der Waals surface area contributed by atoms with Gasteiger partial charge >= 0.3 is 5.97 Å². The van der Waals surface area contributed by atoms with Crippen molar-refractivity contribution in [2.45, 2.75) is 64.0 Å². The van der Waals surface area contributed by atoms with Gasteiger partial charge in [0.15, 0.2) is 6.10 Å². The number of nitrogens with one attached hydrogen (secondary N) is 2. The molecule has 2 heterocycles. The molecule has 2 N–H and O–H groups in total. The molecule has 0 unspecified atom stereocenters. The molecule has 156 valence electrons. The fourth-order valence-electron chi connectivity index (χ4n) is 4.62. The second-order valence-corrected chi connectivity index (χ2v) is 8.37. The van der Waals surface area contributed by atoms with Crippen LogP contribution < -0.4 is 15.5 Å². The second-order valence-electron chi connectivity index (χ2n) is 8.37. The molecule has 0 bridgehead atoms. The number of anilines is 2. The van der Waals surface area contributed by atoms with Gasteiger partial charge in [-0.05, 0) is 56.7 Å². The van der Waals surface area contributed by atoms with Crippen LogP contribution in [0.1, 0.15) is 62.2 Å². The average Bonchev–Trinajstić information content (AvgIpc) is 3.23. The smallest absolute Gasteiger partial charge is 0.338 e. The Morgan fingerprint density at radius 1 is 1.21 bits per heavy atom. The van der Waals surface area contributed by atoms with Gasteiger partial charge in [0.1, 0.15) is 6.04 Å². The second kappa shape index (κ2) is 8.43. The normalized spacial score (nSPS) is 22.3. The summed E-state index contributed by atoms with van der Waals surface area (Å²) in [7, 11) is 0. The SMILES string of the molecule is C[C@@H](OC(=O)c1ccc2c(c1)NC(=O)[C@H]1CCCN21)C(=O)NCC1CCCCC1. The minimum atomic E-state index is -0.861. The number of benzene rings is 1. The van der Waals surface area contributed by atoms with Crippen molar-refractivity contribution in [2.24, 2.45) is 5.92 Å². The summed E-state index contributed by atoms with van der Waals surface area (Å²) in [5, 5.41) is 5.80. The summed E-state index contributed by atoms with van der Waals surface area (Å²) in [6.07, 6.45) is 6.98. The zero-order valence-electron chi connectivity index (χ0n) is 16.9. The van der Waals surface area contributed by atoms with Crippen LogP contribution in [0.3, 0.4) is 0 Å². The highest BCUT2D eigenvalue weighted by Crippen LogP contribution is 2.37. The Morgan fingerprint density at radius 3 is 2.79 bits per heavy atom. The first-order chi connectivity index (χ1) is 14.0. The number of ether oxygens (including phenoxy) is 1. The molecule has 1 aromatic carbocycles. The zero-order valence-corrected chi connectivity index (χ0v) is 16.9. The van der Waals surface area contributed by atoms with Crippen LogP contribution in [0.4, 0.5) is 11.4 Å². The Labute approximate surface area is 171 Å². The molecule has 0 aromatic heterocycles. The first-order valence-corrected chi connectivity index (χ1v) is 10.7. The topological polar surface area (TPSA) is 87.7 Å². The molecule has 1 aromatic rings. The quantitative estimate of drug-likeness (QED) is 0.744. The lowest BCUT2D eigenvalue weighted by Crippen LogP contribution is -2.44. The Kier molecular flexibility index (Phi) is 5.74. The highest BCUT2D eigenvalue weighted by molar-refractivity contribution is 6.05. The van der Waals surface area contributed by atoms with Crippen molar-refractivity contribution in [3.8, 4) is 0 Å². The van der Waals surface area contributed by atoms with Gasteiger partial charge in [0, 0.05) is 13.1 Å². The van der Waals surface area contributed by atoms with Crippen LogP contribution in [-0.4, -0.2) is 43.0 Å². The summed E-state index contributed by atoms with van der Waals surface area (Å²) in [6, 6.07) is 5.06. The van der Waals surface area contributed by atoms with Crippen LogP contribution in [0, 0.1) is 5.92 Å². The molecular formula is C22H29N3O4. The van der Waals surface area contributed by atoms with Crippen molar-refractivity contribution < 1.29 is 19.1 Å². The number of fused-ring (bicyclic) bond motifs is 3. The highest BCUT2D eigenvalue weighted by atomic mass is 16.5. The summed E-state index contributed by atoms with van der Waals surface area (Å²) in [6.45, 7) is 3.07. The van der Waals surface area contributed by atoms with E-state index in [1.165, 1.54) is 19.3 Å². The Bertz CT molecular complexity index is 803. The number of rotatable bonds is 5. The first-order valence-electron chi connectivity index (χ1n) is 10.7. The number of hydrogen-bond donors (Lipinski definition) is 2. The Balaban J connectivity index is 1.35. The molecule has 29 heavy (non-hydrogen) atoms. The third-order valence-corrected chi connectivity index (χ3v) is 6.30. The summed E-state index contributed by atoms with van der Waals surface area (Å²) in [5.41, 5.74) is 1.88. The van der Waals surface area contributed by atoms with Crippen molar-refractivity contribution in [3.63, 3.8) is 0 Å². The third kappa shape index (κ3) is 4.23. The molecule has 0 radical (unpaired) electrons. The van der Waals surface area contributed by atoms with Crippen molar-refractivity contribution >= 4 is 29.2 Å². The average molecular weight is 399 g/mol. The number of hydrogen-bond acceptors (Lipinski definition) is 5. The molecule has 2 amide bonds. The van der Waals surface area contributed by atoms with Crippen LogP contribution in [-0.2, 0) is 14.3 Å². The number of nitrogens with zero attached hydrogens (tertiary/aromatic N) is 1. The monoisotopic (exact) mass is 399 g/mol. The molecule has 0 spiro atoms. The number of esters is 1. The van der Waals surface area contributed by atoms with E-state index < -0.39 is 12.1 Å². The van der Waals surface area contributed by atoms with Crippen molar-refractivity contribution in [3.05, 3.63) is 23.8 Å². The van der Waals surface area contributed by atoms with Gasteiger partial charge in [0.2, 0.25) is 5.91 Å². The standard InChI is InChI=1S/C22H29N3O4/c1-14(20(26)23-13-15-6-3-2-4-7-15)29-22(28)16-9-10-18-17(12-16)24-21(27)19-8-5-11-25(18)19/h9-10,12,14-15,19H,2-8,11,13H2,1H3,(H,23,26)(H,24,27)/t14-,19-/m1/s1. The minimum absolute atomic E-state index is 0.0315. The first kappa shape index (κ1) is 19.7. The molecule has 2 atom stereocenters. The van der Waals surface area contributed by atoms with E-state index in [0.717, 1.165) is 37.9 Å². The van der Waals surface area contributed by atoms with Gasteiger partial charge in [-0.3, -0.25) is 9.59 Å². The van der Waals surface area contributed by atoms with E-state index in [4.69, 9.17) is 4.74 Å². The maximum Gasteiger partial charge on any atom is 0.338 e. The lowest BCUT2D eigenvalue weighted by Gasteiger charge is -2.33. The van der Waals surface area contributed by atoms with E-state index in [-0.39, 0.29) is 17.9 Å². The molecule has 7 heteroatoms. The fourth-order valence-corrected chi connectivity index (χ4v) is 4.62. The highest BCUT2D eigenvalue weighted by Gasteiger charge is 2.36. The van der Waals surface area contributed by atoms with Gasteiger partial charge in [-0.1, -0.05) is 19.3 Å². The van der Waals surface area contributed by atoms with E-state index in [1.54, 1.807) is 19.1 Å². The molecular weight excluding hydrogens is 370 g/mol. The fraction of sp³-hybridized carbons (Fsp3) is 0.591. The third-order valence-electron chi connectivity index (χ3n) is 6.30. The Morgan fingerprint density at radius 2 is 2.00 bits per heavy atom. The molecule has 2 fully saturated rings. The van der Waals surface area contributed by atoms with Crippen molar-refractivity contribution in [2.75, 3.05) is 23.3 Å². The molecule has 4 rings (SSSR count). The minimum Gasteiger partial charge on any atom is -0.449 e. The van der Waals surface area contributed by atoms with Crippen LogP contribution in [0.15, 0.2) is 18.2 Å². The molecule has 1 aliphatic carbocycles. The number of amides is 2. The molecule has 1 saturated heterocycles. The number of carbonyl (C=O) groups is 3. The maximum absolute atomic E-state index is 12.5. The lowest BCUT2D eigenvalue weighted by atomic mass is 9.89. The van der Waals surface area contributed by atoms with Crippen LogP contribution in [0.2, 0.25) is 0 Å². The van der Waals surface area contributed by atoms with Crippen molar-refractivity contribution in [1.82, 2.24) is 5.32 Å². The summed E-state index contributed by atoms with van der Waals surface area (Å²) < 4.78 is 5.37. The largest absolute Gasteiger partial charge is 0.449 e. The molecule has 1 saturated carbocycles. The van der Waals surface area contributed by atoms with Gasteiger partial charge in [-0.25, -0.2) is 4.79 Å². The predicted octanol–water partition coefficient (Wildman–Crippen LogP) is 2.85. The van der Waals surface area contributed by atoms with Crippen molar-refractivity contribution in [1.29, 1.82) is 0 Å². The van der Waals surface area contributed by atoms with E-state index in [0.29, 0.717) is 23.7 Å². The number of carbonyl (C=O) groups excluding carboxylic acids is 3.